The second kappa shape index (κ2) is 6.80. The van der Waals surface area contributed by atoms with Crippen molar-refractivity contribution in [3.63, 3.8) is 0 Å². The molecule has 8 nitrogen and oxygen atoms in total. The quantitative estimate of drug-likeness (QED) is 0.528. The highest BCUT2D eigenvalue weighted by molar-refractivity contribution is 5.97. The van der Waals surface area contributed by atoms with Crippen LogP contribution in [0.5, 0.6) is 0 Å². The summed E-state index contributed by atoms with van der Waals surface area (Å²) in [7, 11) is 0. The van der Waals surface area contributed by atoms with E-state index in [1.54, 1.807) is 25.1 Å². The molecule has 8 heteroatoms. The number of fused-ring (bicyclic) bond motifs is 2. The SMILES string of the molecule is CCn1c(=O)c(=O)[nH]c2cc(C(=O)NCc3cn4c(C)cccc4n3)ccc21. The van der Waals surface area contributed by atoms with Crippen molar-refractivity contribution in [1.82, 2.24) is 24.3 Å². The summed E-state index contributed by atoms with van der Waals surface area (Å²) in [4.78, 5) is 43.3. The minimum Gasteiger partial charge on any atom is -0.346 e. The van der Waals surface area contributed by atoms with Gasteiger partial charge in [0.2, 0.25) is 0 Å². The number of amides is 1. The van der Waals surface area contributed by atoms with Crippen molar-refractivity contribution in [2.24, 2.45) is 0 Å². The van der Waals surface area contributed by atoms with E-state index < -0.39 is 11.1 Å². The zero-order valence-corrected chi connectivity index (χ0v) is 15.5. The van der Waals surface area contributed by atoms with Crippen molar-refractivity contribution < 1.29 is 4.79 Å². The maximum Gasteiger partial charge on any atom is 0.316 e. The fourth-order valence-corrected chi connectivity index (χ4v) is 3.29. The van der Waals surface area contributed by atoms with Gasteiger partial charge in [0, 0.05) is 24.0 Å². The van der Waals surface area contributed by atoms with Gasteiger partial charge in [0.25, 0.3) is 5.91 Å². The second-order valence-corrected chi connectivity index (χ2v) is 6.55. The summed E-state index contributed by atoms with van der Waals surface area (Å²) in [6.45, 7) is 4.43. The van der Waals surface area contributed by atoms with Crippen molar-refractivity contribution in [2.75, 3.05) is 0 Å². The van der Waals surface area contributed by atoms with Crippen LogP contribution in [-0.4, -0.2) is 24.8 Å². The lowest BCUT2D eigenvalue weighted by molar-refractivity contribution is 0.0950. The summed E-state index contributed by atoms with van der Waals surface area (Å²) in [5.41, 5.74) is 2.75. The smallest absolute Gasteiger partial charge is 0.316 e. The van der Waals surface area contributed by atoms with E-state index in [0.29, 0.717) is 23.1 Å². The van der Waals surface area contributed by atoms with Crippen molar-refractivity contribution in [3.8, 4) is 0 Å². The van der Waals surface area contributed by atoms with Crippen LogP contribution in [0.2, 0.25) is 0 Å². The van der Waals surface area contributed by atoms with Gasteiger partial charge in [0.15, 0.2) is 0 Å². The first kappa shape index (κ1) is 17.7. The van der Waals surface area contributed by atoms with Crippen LogP contribution >= 0.6 is 0 Å². The minimum atomic E-state index is -0.702. The number of nitrogens with one attached hydrogen (secondary N) is 2. The lowest BCUT2D eigenvalue weighted by Crippen LogP contribution is -2.36. The lowest BCUT2D eigenvalue weighted by atomic mass is 10.1. The third kappa shape index (κ3) is 2.98. The van der Waals surface area contributed by atoms with Crippen LogP contribution < -0.4 is 16.4 Å². The number of carbonyl (C=O) groups is 1. The molecule has 3 aromatic heterocycles. The molecule has 0 fully saturated rings. The van der Waals surface area contributed by atoms with E-state index in [2.05, 4.69) is 15.3 Å². The van der Waals surface area contributed by atoms with E-state index in [-0.39, 0.29) is 12.5 Å². The van der Waals surface area contributed by atoms with Gasteiger partial charge in [0.1, 0.15) is 5.65 Å². The van der Waals surface area contributed by atoms with E-state index in [9.17, 15) is 14.4 Å². The van der Waals surface area contributed by atoms with Gasteiger partial charge < -0.3 is 19.3 Å². The maximum absolute atomic E-state index is 12.5. The highest BCUT2D eigenvalue weighted by Crippen LogP contribution is 2.12. The summed E-state index contributed by atoms with van der Waals surface area (Å²) >= 11 is 0. The molecule has 142 valence electrons. The number of benzene rings is 1. The molecular formula is C20H19N5O3. The molecule has 4 rings (SSSR count). The topological polar surface area (TPSA) is 101 Å². The Morgan fingerprint density at radius 2 is 2.04 bits per heavy atom. The van der Waals surface area contributed by atoms with Crippen LogP contribution in [0.3, 0.4) is 0 Å². The number of aromatic nitrogens is 4. The van der Waals surface area contributed by atoms with Gasteiger partial charge in [-0.1, -0.05) is 6.07 Å². The Bertz CT molecular complexity index is 1330. The Morgan fingerprint density at radius 3 is 2.79 bits per heavy atom. The number of carbonyl (C=O) groups excluding carboxylic acids is 1. The molecule has 0 bridgehead atoms. The Balaban J connectivity index is 1.60. The average molecular weight is 377 g/mol. The molecule has 2 N–H and O–H groups in total. The number of hydrogen-bond acceptors (Lipinski definition) is 4. The van der Waals surface area contributed by atoms with Crippen LogP contribution in [0.25, 0.3) is 16.7 Å². The number of aromatic amines is 1. The highest BCUT2D eigenvalue weighted by Gasteiger charge is 2.11. The van der Waals surface area contributed by atoms with Crippen molar-refractivity contribution >= 4 is 22.6 Å². The number of nitrogens with zero attached hydrogens (tertiary/aromatic N) is 3. The van der Waals surface area contributed by atoms with Crippen LogP contribution in [-0.2, 0) is 13.1 Å². The number of imidazole rings is 1. The normalized spacial score (nSPS) is 11.2. The molecule has 0 aliphatic rings. The summed E-state index contributed by atoms with van der Waals surface area (Å²) in [5.74, 6) is -0.286. The maximum atomic E-state index is 12.5. The van der Waals surface area contributed by atoms with Gasteiger partial charge in [-0.3, -0.25) is 14.4 Å². The fourth-order valence-electron chi connectivity index (χ4n) is 3.29. The van der Waals surface area contributed by atoms with Gasteiger partial charge in [-0.2, -0.15) is 0 Å². The summed E-state index contributed by atoms with van der Waals surface area (Å²) in [6.07, 6.45) is 1.89. The van der Waals surface area contributed by atoms with Gasteiger partial charge >= 0.3 is 11.1 Å². The number of pyridine rings is 1. The van der Waals surface area contributed by atoms with E-state index in [0.717, 1.165) is 17.0 Å². The monoisotopic (exact) mass is 377 g/mol. The zero-order valence-electron chi connectivity index (χ0n) is 15.5. The molecule has 3 heterocycles. The van der Waals surface area contributed by atoms with Crippen molar-refractivity contribution in [2.45, 2.75) is 26.9 Å². The standard InChI is InChI=1S/C20H19N5O3/c1-3-24-16-8-7-13(9-15(16)23-19(27)20(24)28)18(26)21-10-14-11-25-12(2)5-4-6-17(25)22-14/h4-9,11H,3,10H2,1-2H3,(H,21,26)(H,23,27). The Labute approximate surface area is 159 Å². The molecule has 0 radical (unpaired) electrons. The van der Waals surface area contributed by atoms with E-state index in [1.165, 1.54) is 4.57 Å². The Kier molecular flexibility index (Phi) is 4.31. The summed E-state index contributed by atoms with van der Waals surface area (Å²) < 4.78 is 3.35. The molecule has 0 spiro atoms. The average Bonchev–Trinajstić information content (AvgIpc) is 3.11. The van der Waals surface area contributed by atoms with Gasteiger partial charge in [-0.25, -0.2) is 4.98 Å². The summed E-state index contributed by atoms with van der Waals surface area (Å²) in [6, 6.07) is 10.7. The van der Waals surface area contributed by atoms with Crippen LogP contribution in [0, 0.1) is 6.92 Å². The van der Waals surface area contributed by atoms with Crippen LogP contribution in [0.15, 0.2) is 52.2 Å². The van der Waals surface area contributed by atoms with Gasteiger partial charge in [0.05, 0.1) is 23.3 Å². The van der Waals surface area contributed by atoms with Crippen LogP contribution in [0.1, 0.15) is 28.7 Å². The predicted molar refractivity (Wildman–Crippen MR) is 106 cm³/mol. The van der Waals surface area contributed by atoms with Crippen LogP contribution in [0.4, 0.5) is 0 Å². The first-order chi connectivity index (χ1) is 13.5. The lowest BCUT2D eigenvalue weighted by Gasteiger charge is -2.09. The van der Waals surface area contributed by atoms with E-state index >= 15 is 0 Å². The number of hydrogen-bond donors (Lipinski definition) is 2. The minimum absolute atomic E-state index is 0.281. The highest BCUT2D eigenvalue weighted by atomic mass is 16.2. The molecular weight excluding hydrogens is 358 g/mol. The molecule has 1 aromatic carbocycles. The molecule has 0 aliphatic carbocycles. The molecule has 28 heavy (non-hydrogen) atoms. The predicted octanol–water partition coefficient (Wildman–Crippen LogP) is 1.60. The first-order valence-corrected chi connectivity index (χ1v) is 8.96. The van der Waals surface area contributed by atoms with Crippen molar-refractivity contribution in [1.29, 1.82) is 0 Å². The van der Waals surface area contributed by atoms with Gasteiger partial charge in [-0.15, -0.1) is 0 Å². The van der Waals surface area contributed by atoms with Gasteiger partial charge in [-0.05, 0) is 44.2 Å². The Morgan fingerprint density at radius 1 is 1.21 bits per heavy atom. The third-order valence-corrected chi connectivity index (χ3v) is 4.73. The third-order valence-electron chi connectivity index (χ3n) is 4.73. The molecule has 4 aromatic rings. The summed E-state index contributed by atoms with van der Waals surface area (Å²) in [5, 5.41) is 2.84. The molecule has 0 atom stereocenters. The second-order valence-electron chi connectivity index (χ2n) is 6.55. The largest absolute Gasteiger partial charge is 0.346 e. The number of H-pyrrole nitrogens is 1. The molecule has 1 amide bonds. The number of rotatable bonds is 4. The molecule has 0 saturated carbocycles. The van der Waals surface area contributed by atoms with E-state index in [1.807, 2.05) is 35.7 Å². The van der Waals surface area contributed by atoms with Crippen molar-refractivity contribution in [3.05, 3.63) is 80.3 Å². The molecule has 0 saturated heterocycles. The number of aryl methyl sites for hydroxylation is 2. The van der Waals surface area contributed by atoms with E-state index in [4.69, 9.17) is 0 Å². The fraction of sp³-hybridized carbons (Fsp3) is 0.200. The Hall–Kier alpha value is -3.68. The molecule has 0 aliphatic heterocycles. The molecule has 0 unspecified atom stereocenters. The first-order valence-electron chi connectivity index (χ1n) is 8.96. The zero-order chi connectivity index (χ0) is 19.8.